The summed E-state index contributed by atoms with van der Waals surface area (Å²) in [5.74, 6) is -0.941. The molecule has 0 spiro atoms. The molecule has 1 aliphatic rings. The van der Waals surface area contributed by atoms with Crippen LogP contribution in [0.2, 0.25) is 0 Å². The second-order valence-corrected chi connectivity index (χ2v) is 6.36. The molecule has 0 unspecified atom stereocenters. The molecule has 0 saturated carbocycles. The highest BCUT2D eigenvalue weighted by molar-refractivity contribution is 5.94. The highest BCUT2D eigenvalue weighted by Crippen LogP contribution is 2.24. The monoisotopic (exact) mass is 354 g/mol. The lowest BCUT2D eigenvalue weighted by Crippen LogP contribution is -2.30. The maximum atomic E-state index is 12.4. The Balaban J connectivity index is 1.72. The van der Waals surface area contributed by atoms with E-state index < -0.39 is 5.91 Å². The highest BCUT2D eigenvalue weighted by Gasteiger charge is 2.16. The fourth-order valence-corrected chi connectivity index (χ4v) is 3.16. The number of hydrogen-bond donors (Lipinski definition) is 2. The number of nitrogens with one attached hydrogen (secondary N) is 1. The molecule has 7 nitrogen and oxygen atoms in total. The number of amides is 2. The second-order valence-electron chi connectivity index (χ2n) is 6.36. The van der Waals surface area contributed by atoms with Gasteiger partial charge in [0.05, 0.1) is 5.56 Å². The standard InChI is InChI=1S/C19H22N4O3/c20-17(24)13-23-12-15(7-8-18(23)25)19(26)21-11-14-5-1-2-6-16(14)22-9-3-4-10-22/h1-2,5-8,12H,3-4,9-11,13H2,(H2,20,24)(H,21,26). The van der Waals surface area contributed by atoms with Crippen molar-refractivity contribution < 1.29 is 9.59 Å². The van der Waals surface area contributed by atoms with Crippen LogP contribution in [0.3, 0.4) is 0 Å². The van der Waals surface area contributed by atoms with Gasteiger partial charge in [0.2, 0.25) is 5.91 Å². The number of rotatable bonds is 6. The average Bonchev–Trinajstić information content (AvgIpc) is 3.16. The molecule has 0 aliphatic carbocycles. The summed E-state index contributed by atoms with van der Waals surface area (Å²) in [6, 6.07) is 10.7. The normalized spacial score (nSPS) is 13.6. The molecule has 0 bridgehead atoms. The predicted octanol–water partition coefficient (Wildman–Crippen LogP) is 0.864. The second kappa shape index (κ2) is 7.86. The first kappa shape index (κ1) is 17.7. The van der Waals surface area contributed by atoms with Gasteiger partial charge in [0, 0.05) is 37.6 Å². The Hall–Kier alpha value is -3.09. The van der Waals surface area contributed by atoms with Gasteiger partial charge in [-0.2, -0.15) is 0 Å². The highest BCUT2D eigenvalue weighted by atomic mass is 16.2. The van der Waals surface area contributed by atoms with Gasteiger partial charge >= 0.3 is 0 Å². The number of carbonyl (C=O) groups excluding carboxylic acids is 2. The van der Waals surface area contributed by atoms with Crippen LogP contribution in [-0.2, 0) is 17.9 Å². The molecule has 0 radical (unpaired) electrons. The Morgan fingerprint density at radius 3 is 2.54 bits per heavy atom. The van der Waals surface area contributed by atoms with Crippen molar-refractivity contribution in [3.05, 3.63) is 64.1 Å². The van der Waals surface area contributed by atoms with Crippen molar-refractivity contribution >= 4 is 17.5 Å². The van der Waals surface area contributed by atoms with E-state index in [9.17, 15) is 14.4 Å². The molecule has 1 aromatic heterocycles. The zero-order valence-corrected chi connectivity index (χ0v) is 14.5. The number of carbonyl (C=O) groups is 2. The Bertz CT molecular complexity index is 869. The van der Waals surface area contributed by atoms with Crippen molar-refractivity contribution in [2.24, 2.45) is 5.73 Å². The number of aromatic nitrogens is 1. The summed E-state index contributed by atoms with van der Waals surface area (Å²) >= 11 is 0. The first-order valence-electron chi connectivity index (χ1n) is 8.64. The van der Waals surface area contributed by atoms with Gasteiger partial charge in [-0.1, -0.05) is 18.2 Å². The van der Waals surface area contributed by atoms with Crippen LogP contribution in [0.25, 0.3) is 0 Å². The fourth-order valence-electron chi connectivity index (χ4n) is 3.16. The summed E-state index contributed by atoms with van der Waals surface area (Å²) in [7, 11) is 0. The van der Waals surface area contributed by atoms with Gasteiger partial charge in [0.15, 0.2) is 0 Å². The van der Waals surface area contributed by atoms with Crippen molar-refractivity contribution in [2.75, 3.05) is 18.0 Å². The first-order chi connectivity index (χ1) is 12.5. The van der Waals surface area contributed by atoms with Crippen LogP contribution < -0.4 is 21.5 Å². The van der Waals surface area contributed by atoms with E-state index in [0.717, 1.165) is 28.9 Å². The van der Waals surface area contributed by atoms with Crippen LogP contribution in [0.15, 0.2) is 47.4 Å². The van der Waals surface area contributed by atoms with E-state index in [0.29, 0.717) is 12.1 Å². The van der Waals surface area contributed by atoms with Crippen LogP contribution in [0.1, 0.15) is 28.8 Å². The number of primary amides is 1. The van der Waals surface area contributed by atoms with Crippen LogP contribution in [-0.4, -0.2) is 29.5 Å². The zero-order chi connectivity index (χ0) is 18.5. The quantitative estimate of drug-likeness (QED) is 0.804. The maximum Gasteiger partial charge on any atom is 0.253 e. The molecule has 7 heteroatoms. The number of para-hydroxylation sites is 1. The van der Waals surface area contributed by atoms with E-state index in [2.05, 4.69) is 16.3 Å². The van der Waals surface area contributed by atoms with Gasteiger partial charge in [0.1, 0.15) is 6.54 Å². The lowest BCUT2D eigenvalue weighted by Gasteiger charge is -2.21. The zero-order valence-electron chi connectivity index (χ0n) is 14.5. The summed E-state index contributed by atoms with van der Waals surface area (Å²) in [5.41, 5.74) is 7.25. The molecule has 0 atom stereocenters. The summed E-state index contributed by atoms with van der Waals surface area (Å²) in [6.07, 6.45) is 3.72. The smallest absolute Gasteiger partial charge is 0.253 e. The summed E-state index contributed by atoms with van der Waals surface area (Å²) in [4.78, 5) is 37.5. The van der Waals surface area contributed by atoms with Crippen LogP contribution in [0, 0.1) is 0 Å². The molecule has 1 fully saturated rings. The molecule has 2 amide bonds. The summed E-state index contributed by atoms with van der Waals surface area (Å²) in [6.45, 7) is 2.20. The maximum absolute atomic E-state index is 12.4. The number of nitrogens with zero attached hydrogens (tertiary/aromatic N) is 2. The fraction of sp³-hybridized carbons (Fsp3) is 0.316. The predicted molar refractivity (Wildman–Crippen MR) is 99.0 cm³/mol. The van der Waals surface area contributed by atoms with E-state index in [1.807, 2.05) is 18.2 Å². The number of anilines is 1. The van der Waals surface area contributed by atoms with Crippen molar-refractivity contribution in [3.63, 3.8) is 0 Å². The molecule has 1 aliphatic heterocycles. The van der Waals surface area contributed by atoms with E-state index in [4.69, 9.17) is 5.73 Å². The minimum Gasteiger partial charge on any atom is -0.371 e. The Morgan fingerprint density at radius 1 is 1.08 bits per heavy atom. The third-order valence-corrected chi connectivity index (χ3v) is 4.45. The Kier molecular flexibility index (Phi) is 5.36. The molecular weight excluding hydrogens is 332 g/mol. The third kappa shape index (κ3) is 4.11. The molecular formula is C19H22N4O3. The molecule has 3 rings (SSSR count). The van der Waals surface area contributed by atoms with Gasteiger partial charge in [0.25, 0.3) is 11.5 Å². The summed E-state index contributed by atoms with van der Waals surface area (Å²) < 4.78 is 1.13. The van der Waals surface area contributed by atoms with Gasteiger partial charge in [-0.3, -0.25) is 14.4 Å². The van der Waals surface area contributed by atoms with Crippen molar-refractivity contribution in [1.82, 2.24) is 9.88 Å². The van der Waals surface area contributed by atoms with Crippen molar-refractivity contribution in [1.29, 1.82) is 0 Å². The van der Waals surface area contributed by atoms with Gasteiger partial charge in [-0.05, 0) is 30.5 Å². The lowest BCUT2D eigenvalue weighted by molar-refractivity contribution is -0.118. The number of nitrogens with two attached hydrogens (primary N) is 1. The minimum atomic E-state index is -0.635. The third-order valence-electron chi connectivity index (χ3n) is 4.45. The van der Waals surface area contributed by atoms with Crippen LogP contribution in [0.4, 0.5) is 5.69 Å². The Morgan fingerprint density at radius 2 is 1.81 bits per heavy atom. The van der Waals surface area contributed by atoms with Crippen molar-refractivity contribution in [3.8, 4) is 0 Å². The van der Waals surface area contributed by atoms with Crippen molar-refractivity contribution in [2.45, 2.75) is 25.9 Å². The van der Waals surface area contributed by atoms with Gasteiger partial charge < -0.3 is 20.5 Å². The molecule has 3 N–H and O–H groups in total. The van der Waals surface area contributed by atoms with E-state index in [1.54, 1.807) is 0 Å². The van der Waals surface area contributed by atoms with E-state index >= 15 is 0 Å². The van der Waals surface area contributed by atoms with Gasteiger partial charge in [-0.15, -0.1) is 0 Å². The van der Waals surface area contributed by atoms with E-state index in [1.165, 1.54) is 31.2 Å². The van der Waals surface area contributed by atoms with Crippen LogP contribution >= 0.6 is 0 Å². The largest absolute Gasteiger partial charge is 0.371 e. The number of pyridine rings is 1. The molecule has 136 valence electrons. The first-order valence-corrected chi connectivity index (χ1v) is 8.64. The number of hydrogen-bond acceptors (Lipinski definition) is 4. The SMILES string of the molecule is NC(=O)Cn1cc(C(=O)NCc2ccccc2N2CCCC2)ccc1=O. The molecule has 26 heavy (non-hydrogen) atoms. The molecule has 1 saturated heterocycles. The molecule has 2 aromatic rings. The molecule has 1 aromatic carbocycles. The average molecular weight is 354 g/mol. The lowest BCUT2D eigenvalue weighted by atomic mass is 10.1. The molecule has 2 heterocycles. The number of benzene rings is 1. The van der Waals surface area contributed by atoms with Crippen LogP contribution in [0.5, 0.6) is 0 Å². The van der Waals surface area contributed by atoms with Gasteiger partial charge in [-0.25, -0.2) is 0 Å². The Labute approximate surface area is 151 Å². The summed E-state index contributed by atoms with van der Waals surface area (Å²) in [5, 5.41) is 2.88. The van der Waals surface area contributed by atoms with E-state index in [-0.39, 0.29) is 18.0 Å². The topological polar surface area (TPSA) is 97.4 Å². The minimum absolute atomic E-state index is 0.252.